The quantitative estimate of drug-likeness (QED) is 0.225. The summed E-state index contributed by atoms with van der Waals surface area (Å²) in [6.45, 7) is 4.46. The summed E-state index contributed by atoms with van der Waals surface area (Å²) in [5.41, 5.74) is 0.869. The average molecular weight is 721 g/mol. The summed E-state index contributed by atoms with van der Waals surface area (Å²) in [7, 11) is -4.13. The van der Waals surface area contributed by atoms with Crippen molar-refractivity contribution < 1.29 is 41.3 Å². The Morgan fingerprint density at radius 2 is 1.90 bits per heavy atom. The smallest absolute Gasteiger partial charge is 0.407 e. The number of hydrogen-bond acceptors (Lipinski definition) is 10. The molecule has 2 unspecified atom stereocenters. The van der Waals surface area contributed by atoms with Crippen LogP contribution in [-0.2, 0) is 30.7 Å². The van der Waals surface area contributed by atoms with Gasteiger partial charge < -0.3 is 30.0 Å². The predicted molar refractivity (Wildman–Crippen MR) is 179 cm³/mol. The molecule has 2 saturated carbocycles. The normalized spacial score (nSPS) is 26.2. The van der Waals surface area contributed by atoms with E-state index >= 15 is 0 Å². The van der Waals surface area contributed by atoms with Gasteiger partial charge in [0.2, 0.25) is 10.0 Å². The Labute approximate surface area is 288 Å². The fourth-order valence-electron chi connectivity index (χ4n) is 7.44. The molecule has 3 heterocycles. The molecule has 2 saturated heterocycles. The monoisotopic (exact) mass is 720 g/mol. The van der Waals surface area contributed by atoms with Gasteiger partial charge in [-0.3, -0.25) is 0 Å². The predicted octanol–water partition coefficient (Wildman–Crippen LogP) is 4.89. The van der Waals surface area contributed by atoms with Crippen LogP contribution in [0.3, 0.4) is 0 Å². The van der Waals surface area contributed by atoms with Crippen molar-refractivity contribution in [3.63, 3.8) is 0 Å². The average Bonchev–Trinajstić information content (AvgIpc) is 3.44. The second-order valence-corrected chi connectivity index (χ2v) is 17.1. The fraction of sp³-hybridized carbons (Fsp3) is 0.588. The van der Waals surface area contributed by atoms with Gasteiger partial charge in [0.15, 0.2) is 11.4 Å². The summed E-state index contributed by atoms with van der Waals surface area (Å²) >= 11 is 1.38. The molecule has 7 rings (SSSR count). The molecule has 3 aromatic rings. The number of aromatic nitrogens is 1. The lowest BCUT2D eigenvalue weighted by Gasteiger charge is -2.33. The van der Waals surface area contributed by atoms with Crippen molar-refractivity contribution >= 4 is 42.8 Å². The van der Waals surface area contributed by atoms with Crippen LogP contribution in [-0.4, -0.2) is 85.8 Å². The molecule has 266 valence electrons. The number of rotatable bonds is 13. The molecule has 11 nitrogen and oxygen atoms in total. The summed E-state index contributed by atoms with van der Waals surface area (Å²) in [5, 5.41) is 18.4. The third kappa shape index (κ3) is 7.71. The molecule has 7 atom stereocenters. The number of halogens is 2. The van der Waals surface area contributed by atoms with E-state index < -0.39 is 39.9 Å². The number of aliphatic hydroxyl groups is 1. The zero-order valence-corrected chi connectivity index (χ0v) is 29.0. The number of fused-ring (bicyclic) bond motifs is 1. The molecule has 2 aliphatic carbocycles. The van der Waals surface area contributed by atoms with Crippen LogP contribution >= 0.6 is 11.3 Å². The first-order chi connectivity index (χ1) is 23.4. The molecular weight excluding hydrogens is 679 g/mol. The highest BCUT2D eigenvalue weighted by atomic mass is 32.2. The Kier molecular flexibility index (Phi) is 9.85. The number of ether oxygens (including phenoxy) is 3. The molecule has 3 N–H and O–H groups in total. The van der Waals surface area contributed by atoms with Crippen molar-refractivity contribution in [3.8, 4) is 0 Å². The van der Waals surface area contributed by atoms with Gasteiger partial charge in [-0.15, -0.1) is 0 Å². The maximum absolute atomic E-state index is 14.2. The molecule has 2 aliphatic heterocycles. The highest BCUT2D eigenvalue weighted by Crippen LogP contribution is 2.50. The van der Waals surface area contributed by atoms with E-state index in [1.54, 1.807) is 12.1 Å². The number of sulfonamides is 1. The summed E-state index contributed by atoms with van der Waals surface area (Å²) in [6, 6.07) is 7.01. The topological polar surface area (TPSA) is 139 Å². The Morgan fingerprint density at radius 3 is 2.63 bits per heavy atom. The number of hydrogen-bond donors (Lipinski definition) is 3. The molecule has 0 spiro atoms. The summed E-state index contributed by atoms with van der Waals surface area (Å²) in [4.78, 5) is 18.0. The Hall–Kier alpha value is -2.95. The zero-order valence-electron chi connectivity index (χ0n) is 27.4. The zero-order chi connectivity index (χ0) is 34.4. The number of aliphatic hydroxyl groups excluding tert-OH is 1. The van der Waals surface area contributed by atoms with E-state index in [4.69, 9.17) is 14.2 Å². The Balaban J connectivity index is 1.10. The van der Waals surface area contributed by atoms with Crippen molar-refractivity contribution in [3.05, 3.63) is 53.6 Å². The minimum absolute atomic E-state index is 0.0520. The van der Waals surface area contributed by atoms with Crippen molar-refractivity contribution in [1.82, 2.24) is 14.6 Å². The lowest BCUT2D eigenvalue weighted by molar-refractivity contribution is -0.173. The highest BCUT2D eigenvalue weighted by molar-refractivity contribution is 7.89. The summed E-state index contributed by atoms with van der Waals surface area (Å²) in [6.07, 6.45) is 0.396. The number of nitrogens with one attached hydrogen (secondary N) is 2. The van der Waals surface area contributed by atoms with E-state index in [9.17, 15) is 27.1 Å². The lowest BCUT2D eigenvalue weighted by Crippen LogP contribution is -2.51. The van der Waals surface area contributed by atoms with Gasteiger partial charge in [-0.05, 0) is 79.8 Å². The van der Waals surface area contributed by atoms with Gasteiger partial charge in [-0.25, -0.2) is 27.0 Å². The molecule has 4 fully saturated rings. The van der Waals surface area contributed by atoms with E-state index in [-0.39, 0.29) is 66.0 Å². The number of benzene rings is 2. The van der Waals surface area contributed by atoms with Crippen LogP contribution in [0.1, 0.15) is 45.1 Å². The van der Waals surface area contributed by atoms with Crippen molar-refractivity contribution in [1.29, 1.82) is 0 Å². The van der Waals surface area contributed by atoms with E-state index in [2.05, 4.69) is 15.6 Å². The number of carbonyl (C=O) groups excluding carboxylic acids is 1. The van der Waals surface area contributed by atoms with Crippen molar-refractivity contribution in [2.75, 3.05) is 31.6 Å². The van der Waals surface area contributed by atoms with Gasteiger partial charge >= 0.3 is 6.09 Å². The molecule has 1 aromatic heterocycles. The lowest BCUT2D eigenvalue weighted by atomic mass is 9.87. The van der Waals surface area contributed by atoms with Crippen molar-refractivity contribution in [2.45, 2.75) is 81.4 Å². The number of amides is 1. The van der Waals surface area contributed by atoms with Crippen LogP contribution in [0, 0.1) is 35.3 Å². The Bertz CT molecular complexity index is 1770. The van der Waals surface area contributed by atoms with E-state index in [0.717, 1.165) is 42.6 Å². The highest BCUT2D eigenvalue weighted by Gasteiger charge is 2.55. The van der Waals surface area contributed by atoms with Crippen LogP contribution < -0.4 is 10.6 Å². The van der Waals surface area contributed by atoms with Gasteiger partial charge in [0.1, 0.15) is 17.7 Å². The molecule has 4 aliphatic rings. The van der Waals surface area contributed by atoms with Gasteiger partial charge in [0.25, 0.3) is 0 Å². The second-order valence-electron chi connectivity index (χ2n) is 14.1. The maximum Gasteiger partial charge on any atom is 0.407 e. The van der Waals surface area contributed by atoms with Gasteiger partial charge in [-0.1, -0.05) is 25.2 Å². The van der Waals surface area contributed by atoms with Crippen LogP contribution in [0.4, 0.5) is 18.7 Å². The van der Waals surface area contributed by atoms with Gasteiger partial charge in [0, 0.05) is 37.0 Å². The first-order valence-corrected chi connectivity index (χ1v) is 19.2. The summed E-state index contributed by atoms with van der Waals surface area (Å²) in [5.74, 6) is -1.30. The van der Waals surface area contributed by atoms with Crippen LogP contribution in [0.25, 0.3) is 10.2 Å². The van der Waals surface area contributed by atoms with Crippen LogP contribution in [0.5, 0.6) is 0 Å². The van der Waals surface area contributed by atoms with Gasteiger partial charge in [0.05, 0.1) is 40.5 Å². The SMILES string of the molecule is CC(C)CN(C[C@@H](O)[C@H](Cc1cc(F)cc(F)c1)NC(=O)O[C@@H]1CC2CO[C@@H]3OCCC1[C@H]23)S(=O)(=O)c1ccc2nc(NC3CC3)sc2c1. The third-order valence-corrected chi connectivity index (χ3v) is 12.6. The molecule has 1 amide bonds. The number of thiazole rings is 1. The number of nitrogens with zero attached hydrogens (tertiary/aromatic N) is 2. The molecule has 49 heavy (non-hydrogen) atoms. The van der Waals surface area contributed by atoms with Gasteiger partial charge in [-0.2, -0.15) is 4.31 Å². The largest absolute Gasteiger partial charge is 0.446 e. The second kappa shape index (κ2) is 14.0. The standard InChI is InChI=1S/C34H42F2N4O7S2/c1-18(2)15-40(49(43,44)24-5-6-26-30(14-24)48-33(38-26)37-23-3-4-23)16-28(41)27(11-19-9-21(35)13-22(36)10-19)39-34(42)47-29-12-20-17-46-32-31(20)25(29)7-8-45-32/h5-6,9-10,13-14,18,20,23,25,27-29,31-32,41H,3-4,7-8,11-12,15-17H2,1-2H3,(H,37,38)(H,39,42)/t20?,25?,27-,28+,29+,31-,32-/m0/s1. The maximum atomic E-state index is 14.2. The minimum atomic E-state index is -4.13. The Morgan fingerprint density at radius 1 is 1.12 bits per heavy atom. The van der Waals surface area contributed by atoms with Crippen molar-refractivity contribution in [2.24, 2.45) is 23.7 Å². The molecular formula is C34H42F2N4O7S2. The number of alkyl carbamates (subject to hydrolysis) is 1. The molecule has 0 radical (unpaired) electrons. The van der Waals surface area contributed by atoms with E-state index in [0.29, 0.717) is 35.9 Å². The van der Waals surface area contributed by atoms with Crippen LogP contribution in [0.15, 0.2) is 41.3 Å². The minimum Gasteiger partial charge on any atom is -0.446 e. The van der Waals surface area contributed by atoms with E-state index in [1.165, 1.54) is 21.7 Å². The van der Waals surface area contributed by atoms with E-state index in [1.807, 2.05) is 13.8 Å². The van der Waals surface area contributed by atoms with Crippen LogP contribution in [0.2, 0.25) is 0 Å². The third-order valence-electron chi connectivity index (χ3n) is 9.84. The summed E-state index contributed by atoms with van der Waals surface area (Å²) < 4.78 is 75.9. The molecule has 0 bridgehead atoms. The number of anilines is 1. The fourth-order valence-corrected chi connectivity index (χ4v) is 10.1. The molecule has 2 aromatic carbocycles. The molecule has 15 heteroatoms. The first kappa shape index (κ1) is 34.5. The first-order valence-electron chi connectivity index (χ1n) is 16.9. The number of carbonyl (C=O) groups is 1.